The van der Waals surface area contributed by atoms with Crippen LogP contribution in [0.5, 0.6) is 0 Å². The van der Waals surface area contributed by atoms with Crippen LogP contribution in [0.2, 0.25) is 0 Å². The molecular weight excluding hydrogens is 340 g/mol. The molecule has 0 spiro atoms. The van der Waals surface area contributed by atoms with Crippen LogP contribution in [0, 0.1) is 5.92 Å². The van der Waals surface area contributed by atoms with Gasteiger partial charge in [-0.05, 0) is 29.9 Å². The van der Waals surface area contributed by atoms with E-state index in [1.165, 1.54) is 11.1 Å². The second kappa shape index (κ2) is 7.82. The Hall–Kier alpha value is -2.18. The molecular formula is C21H28N4O2. The van der Waals surface area contributed by atoms with E-state index >= 15 is 0 Å². The lowest BCUT2D eigenvalue weighted by Crippen LogP contribution is -2.41. The van der Waals surface area contributed by atoms with Crippen LogP contribution >= 0.6 is 0 Å². The van der Waals surface area contributed by atoms with Crippen LogP contribution in [0.1, 0.15) is 42.3 Å². The number of hydrogen-bond donors (Lipinski definition) is 1. The number of aliphatic hydroxyl groups is 1. The minimum Gasteiger partial charge on any atom is -0.385 e. The number of aliphatic hydroxyl groups excluding tert-OH is 1. The van der Waals surface area contributed by atoms with Crippen molar-refractivity contribution in [2.75, 3.05) is 19.6 Å². The topological polar surface area (TPSA) is 61.6 Å². The van der Waals surface area contributed by atoms with E-state index in [2.05, 4.69) is 34.1 Å². The average molecular weight is 368 g/mol. The highest BCUT2D eigenvalue weighted by molar-refractivity contribution is 5.76. The monoisotopic (exact) mass is 368 g/mol. The fourth-order valence-electron chi connectivity index (χ4n) is 4.31. The maximum absolute atomic E-state index is 12.6. The van der Waals surface area contributed by atoms with Gasteiger partial charge in [0.15, 0.2) is 0 Å². The molecule has 1 N–H and O–H groups in total. The Morgan fingerprint density at radius 2 is 1.89 bits per heavy atom. The number of likely N-dealkylation sites (tertiary alicyclic amines) is 1. The summed E-state index contributed by atoms with van der Waals surface area (Å²) in [5, 5.41) is 10.6. The molecule has 6 heteroatoms. The second-order valence-corrected chi connectivity index (χ2v) is 7.79. The smallest absolute Gasteiger partial charge is 0.223 e. The van der Waals surface area contributed by atoms with Gasteiger partial charge in [-0.2, -0.15) is 0 Å². The molecule has 0 radical (unpaired) electrons. The molecule has 0 bridgehead atoms. The predicted octanol–water partition coefficient (Wildman–Crippen LogP) is 2.10. The van der Waals surface area contributed by atoms with Crippen molar-refractivity contribution in [3.63, 3.8) is 0 Å². The predicted molar refractivity (Wildman–Crippen MR) is 103 cm³/mol. The van der Waals surface area contributed by atoms with Gasteiger partial charge < -0.3 is 14.6 Å². The third-order valence-electron chi connectivity index (χ3n) is 6.01. The summed E-state index contributed by atoms with van der Waals surface area (Å²) in [5.41, 5.74) is 2.77. The lowest BCUT2D eigenvalue weighted by Gasteiger charge is -2.34. The summed E-state index contributed by atoms with van der Waals surface area (Å²) in [4.78, 5) is 21.2. The van der Waals surface area contributed by atoms with Crippen LogP contribution in [0.3, 0.4) is 0 Å². The average Bonchev–Trinajstić information content (AvgIpc) is 3.31. The Morgan fingerprint density at radius 3 is 2.48 bits per heavy atom. The van der Waals surface area contributed by atoms with E-state index in [0.29, 0.717) is 12.2 Å². The Morgan fingerprint density at radius 1 is 1.22 bits per heavy atom. The summed E-state index contributed by atoms with van der Waals surface area (Å²) in [6.07, 6.45) is 5.25. The molecule has 1 atom stereocenters. The molecule has 3 heterocycles. The van der Waals surface area contributed by atoms with Crippen LogP contribution < -0.4 is 0 Å². The minimum atomic E-state index is -0.551. The highest BCUT2D eigenvalue weighted by atomic mass is 16.3. The number of aryl methyl sites for hydroxylation is 1. The van der Waals surface area contributed by atoms with E-state index in [9.17, 15) is 9.90 Å². The van der Waals surface area contributed by atoms with E-state index in [1.54, 1.807) is 6.20 Å². The molecule has 6 nitrogen and oxygen atoms in total. The minimum absolute atomic E-state index is 0.170. The zero-order valence-corrected chi connectivity index (χ0v) is 15.9. The van der Waals surface area contributed by atoms with Gasteiger partial charge in [-0.1, -0.05) is 24.3 Å². The molecule has 1 saturated heterocycles. The molecule has 0 aliphatic carbocycles. The molecule has 1 fully saturated rings. The summed E-state index contributed by atoms with van der Waals surface area (Å²) in [6.45, 7) is 4.16. The van der Waals surface area contributed by atoms with E-state index in [0.717, 1.165) is 45.6 Å². The van der Waals surface area contributed by atoms with Crippen molar-refractivity contribution < 1.29 is 9.90 Å². The maximum atomic E-state index is 12.6. The number of rotatable bonds is 5. The zero-order valence-electron chi connectivity index (χ0n) is 15.9. The number of nitrogens with zero attached hydrogens (tertiary/aromatic N) is 4. The van der Waals surface area contributed by atoms with E-state index in [4.69, 9.17) is 0 Å². The molecule has 1 aromatic carbocycles. The first-order chi connectivity index (χ1) is 13.1. The van der Waals surface area contributed by atoms with E-state index in [-0.39, 0.29) is 11.8 Å². The van der Waals surface area contributed by atoms with Crippen LogP contribution in [0.25, 0.3) is 0 Å². The summed E-state index contributed by atoms with van der Waals surface area (Å²) < 4.78 is 1.87. The normalized spacial score (nSPS) is 19.3. The quantitative estimate of drug-likeness (QED) is 0.878. The summed E-state index contributed by atoms with van der Waals surface area (Å²) in [6, 6.07) is 8.51. The lowest BCUT2D eigenvalue weighted by atomic mass is 9.90. The van der Waals surface area contributed by atoms with Gasteiger partial charge in [0.05, 0.1) is 0 Å². The summed E-state index contributed by atoms with van der Waals surface area (Å²) >= 11 is 0. The van der Waals surface area contributed by atoms with Gasteiger partial charge in [0, 0.05) is 58.6 Å². The first kappa shape index (κ1) is 18.2. The number of fused-ring (bicyclic) bond motifs is 1. The van der Waals surface area contributed by atoms with Gasteiger partial charge in [0.1, 0.15) is 11.9 Å². The first-order valence-electron chi connectivity index (χ1n) is 9.84. The highest BCUT2D eigenvalue weighted by Crippen LogP contribution is 2.30. The van der Waals surface area contributed by atoms with Crippen LogP contribution in [-0.2, 0) is 24.9 Å². The lowest BCUT2D eigenvalue weighted by molar-refractivity contribution is -0.133. The number of benzene rings is 1. The van der Waals surface area contributed by atoms with Crippen molar-refractivity contribution in [1.29, 1.82) is 0 Å². The SMILES string of the molecule is Cn1ccnc1C(O)C1CCN(C(=O)CCN2Cc3ccccc3C2)CC1. The number of aromatic nitrogens is 2. The summed E-state index contributed by atoms with van der Waals surface area (Å²) in [7, 11) is 1.90. The fourth-order valence-corrected chi connectivity index (χ4v) is 4.31. The number of amides is 1. The summed E-state index contributed by atoms with van der Waals surface area (Å²) in [5.74, 6) is 1.12. The Balaban J connectivity index is 1.23. The van der Waals surface area contributed by atoms with Crippen molar-refractivity contribution in [3.8, 4) is 0 Å². The Labute approximate surface area is 160 Å². The van der Waals surface area contributed by atoms with Gasteiger partial charge in [0.2, 0.25) is 5.91 Å². The molecule has 144 valence electrons. The number of hydrogen-bond acceptors (Lipinski definition) is 4. The van der Waals surface area contributed by atoms with Gasteiger partial charge in [-0.3, -0.25) is 9.69 Å². The molecule has 27 heavy (non-hydrogen) atoms. The second-order valence-electron chi connectivity index (χ2n) is 7.79. The van der Waals surface area contributed by atoms with Gasteiger partial charge >= 0.3 is 0 Å². The van der Waals surface area contributed by atoms with Crippen LogP contribution in [0.15, 0.2) is 36.7 Å². The van der Waals surface area contributed by atoms with Crippen molar-refractivity contribution in [2.45, 2.75) is 38.5 Å². The van der Waals surface area contributed by atoms with Crippen molar-refractivity contribution in [3.05, 3.63) is 53.6 Å². The number of carbonyl (C=O) groups excluding carboxylic acids is 1. The Bertz CT molecular complexity index is 770. The molecule has 1 amide bonds. The van der Waals surface area contributed by atoms with Gasteiger partial charge in [-0.15, -0.1) is 0 Å². The number of carbonyl (C=O) groups is 1. The molecule has 1 unspecified atom stereocenters. The molecule has 4 rings (SSSR count). The fraction of sp³-hybridized carbons (Fsp3) is 0.524. The van der Waals surface area contributed by atoms with E-state index in [1.807, 2.05) is 22.7 Å². The molecule has 0 saturated carbocycles. The van der Waals surface area contributed by atoms with Crippen LogP contribution in [-0.4, -0.2) is 50.0 Å². The van der Waals surface area contributed by atoms with Crippen LogP contribution in [0.4, 0.5) is 0 Å². The van der Waals surface area contributed by atoms with E-state index < -0.39 is 6.10 Å². The van der Waals surface area contributed by atoms with Crippen molar-refractivity contribution >= 4 is 5.91 Å². The largest absolute Gasteiger partial charge is 0.385 e. The highest BCUT2D eigenvalue weighted by Gasteiger charge is 2.30. The molecule has 2 aliphatic rings. The third-order valence-corrected chi connectivity index (χ3v) is 6.01. The number of piperidine rings is 1. The number of imidazole rings is 1. The molecule has 2 aliphatic heterocycles. The molecule has 1 aromatic heterocycles. The van der Waals surface area contributed by atoms with Crippen molar-refractivity contribution in [1.82, 2.24) is 19.4 Å². The van der Waals surface area contributed by atoms with Gasteiger partial charge in [0.25, 0.3) is 0 Å². The van der Waals surface area contributed by atoms with Gasteiger partial charge in [-0.25, -0.2) is 4.98 Å². The van der Waals surface area contributed by atoms with Crippen molar-refractivity contribution in [2.24, 2.45) is 13.0 Å². The maximum Gasteiger partial charge on any atom is 0.223 e. The first-order valence-corrected chi connectivity index (χ1v) is 9.84. The Kier molecular flexibility index (Phi) is 5.27. The molecule has 2 aromatic rings. The third kappa shape index (κ3) is 3.92. The standard InChI is InChI=1S/C21H28N4O2/c1-23-13-9-22-21(23)20(27)16-6-11-25(12-7-16)19(26)8-10-24-14-17-4-2-3-5-18(17)15-24/h2-5,9,13,16,20,27H,6-8,10-12,14-15H2,1H3. The zero-order chi connectivity index (χ0) is 18.8.